The van der Waals surface area contributed by atoms with Crippen LogP contribution in [0.15, 0.2) is 6.33 Å². The number of halogens is 1. The highest BCUT2D eigenvalue weighted by atomic mass is 35.5. The molecule has 1 aromatic rings. The average molecular weight is 243 g/mol. The van der Waals surface area contributed by atoms with Gasteiger partial charge < -0.3 is 10.6 Å². The summed E-state index contributed by atoms with van der Waals surface area (Å²) in [5.74, 6) is 0.503. The van der Waals surface area contributed by atoms with Crippen molar-refractivity contribution < 1.29 is 4.79 Å². The molecule has 0 saturated heterocycles. The summed E-state index contributed by atoms with van der Waals surface area (Å²) in [6.07, 6.45) is 1.36. The minimum Gasteiger partial charge on any atom is -0.361 e. The maximum atomic E-state index is 11.4. The zero-order valence-electron chi connectivity index (χ0n) is 9.54. The predicted octanol–water partition coefficient (Wildman–Crippen LogP) is 1.37. The lowest BCUT2D eigenvalue weighted by Gasteiger charge is -2.10. The quantitative estimate of drug-likeness (QED) is 0.783. The maximum Gasteiger partial charge on any atom is 0.239 e. The van der Waals surface area contributed by atoms with Gasteiger partial charge in [-0.25, -0.2) is 9.97 Å². The van der Waals surface area contributed by atoms with Gasteiger partial charge in [0.2, 0.25) is 5.91 Å². The minimum atomic E-state index is -0.0795. The van der Waals surface area contributed by atoms with E-state index in [4.69, 9.17) is 11.6 Å². The molecule has 5 nitrogen and oxygen atoms in total. The van der Waals surface area contributed by atoms with Gasteiger partial charge in [0.05, 0.1) is 6.54 Å². The van der Waals surface area contributed by atoms with Crippen molar-refractivity contribution in [1.29, 1.82) is 0 Å². The molecule has 0 bridgehead atoms. The number of hydrogen-bond acceptors (Lipinski definition) is 4. The Bertz CT molecular complexity index is 381. The summed E-state index contributed by atoms with van der Waals surface area (Å²) < 4.78 is 0. The van der Waals surface area contributed by atoms with Gasteiger partial charge in [-0.1, -0.05) is 11.6 Å². The van der Waals surface area contributed by atoms with E-state index in [-0.39, 0.29) is 18.5 Å². The molecule has 0 aliphatic rings. The zero-order valence-corrected chi connectivity index (χ0v) is 10.3. The van der Waals surface area contributed by atoms with Gasteiger partial charge in [-0.05, 0) is 20.8 Å². The predicted molar refractivity (Wildman–Crippen MR) is 63.5 cm³/mol. The first-order chi connectivity index (χ1) is 7.50. The van der Waals surface area contributed by atoms with E-state index in [1.165, 1.54) is 6.33 Å². The lowest BCUT2D eigenvalue weighted by Crippen LogP contribution is -2.35. The number of rotatable bonds is 4. The second-order valence-corrected chi connectivity index (χ2v) is 4.07. The van der Waals surface area contributed by atoms with Crippen LogP contribution in [0.25, 0.3) is 0 Å². The normalized spacial score (nSPS) is 10.3. The van der Waals surface area contributed by atoms with Crippen LogP contribution >= 0.6 is 11.6 Å². The number of nitrogens with zero attached hydrogens (tertiary/aromatic N) is 2. The number of aromatic nitrogens is 2. The molecule has 88 valence electrons. The lowest BCUT2D eigenvalue weighted by atomic mass is 10.3. The highest BCUT2D eigenvalue weighted by molar-refractivity contribution is 6.30. The first kappa shape index (κ1) is 12.7. The molecule has 0 atom stereocenters. The molecule has 0 unspecified atom stereocenters. The van der Waals surface area contributed by atoms with Crippen LogP contribution in [0.2, 0.25) is 5.15 Å². The van der Waals surface area contributed by atoms with Crippen LogP contribution in [0.5, 0.6) is 0 Å². The van der Waals surface area contributed by atoms with Gasteiger partial charge in [0.1, 0.15) is 17.3 Å². The summed E-state index contributed by atoms with van der Waals surface area (Å²) in [7, 11) is 0. The molecule has 0 aliphatic carbocycles. The summed E-state index contributed by atoms with van der Waals surface area (Å²) in [4.78, 5) is 19.2. The number of hydrogen-bond donors (Lipinski definition) is 2. The van der Waals surface area contributed by atoms with Crippen molar-refractivity contribution in [2.24, 2.45) is 0 Å². The van der Waals surface area contributed by atoms with Gasteiger partial charge >= 0.3 is 0 Å². The minimum absolute atomic E-state index is 0.0795. The van der Waals surface area contributed by atoms with Crippen LogP contribution in [-0.4, -0.2) is 28.5 Å². The lowest BCUT2D eigenvalue weighted by molar-refractivity contribution is -0.119. The molecule has 0 aromatic carbocycles. The fraction of sp³-hybridized carbons (Fsp3) is 0.500. The number of carbonyl (C=O) groups is 1. The molecule has 0 aliphatic heterocycles. The molecule has 1 amide bonds. The average Bonchev–Trinajstić information content (AvgIpc) is 2.19. The van der Waals surface area contributed by atoms with Crippen molar-refractivity contribution in [2.45, 2.75) is 26.8 Å². The van der Waals surface area contributed by atoms with E-state index in [0.29, 0.717) is 11.0 Å². The van der Waals surface area contributed by atoms with Crippen molar-refractivity contribution in [3.63, 3.8) is 0 Å². The fourth-order valence-corrected chi connectivity index (χ4v) is 1.28. The van der Waals surface area contributed by atoms with E-state index in [9.17, 15) is 4.79 Å². The zero-order chi connectivity index (χ0) is 12.1. The van der Waals surface area contributed by atoms with Gasteiger partial charge in [0.25, 0.3) is 0 Å². The van der Waals surface area contributed by atoms with Crippen LogP contribution < -0.4 is 10.6 Å². The second kappa shape index (κ2) is 5.65. The molecular formula is C10H15ClN4O. The van der Waals surface area contributed by atoms with Crippen LogP contribution in [0.1, 0.15) is 19.4 Å². The fourth-order valence-electron chi connectivity index (χ4n) is 1.14. The van der Waals surface area contributed by atoms with Gasteiger partial charge in [0.15, 0.2) is 0 Å². The van der Waals surface area contributed by atoms with Crippen LogP contribution in [0.4, 0.5) is 5.82 Å². The summed E-state index contributed by atoms with van der Waals surface area (Å²) >= 11 is 5.82. The van der Waals surface area contributed by atoms with Crippen molar-refractivity contribution in [2.75, 3.05) is 11.9 Å². The molecular weight excluding hydrogens is 228 g/mol. The van der Waals surface area contributed by atoms with Crippen molar-refractivity contribution in [3.8, 4) is 0 Å². The molecule has 6 heteroatoms. The molecule has 0 spiro atoms. The smallest absolute Gasteiger partial charge is 0.239 e. The van der Waals surface area contributed by atoms with Crippen LogP contribution in [-0.2, 0) is 4.79 Å². The third kappa shape index (κ3) is 3.66. The molecule has 0 fully saturated rings. The standard InChI is InChI=1S/C10H15ClN4O/c1-6(2)15-8(16)4-12-10-7(3)9(11)13-5-14-10/h5-6H,4H2,1-3H3,(H,15,16)(H,12,13,14). The Morgan fingerprint density at radius 2 is 2.19 bits per heavy atom. The van der Waals surface area contributed by atoms with Crippen LogP contribution in [0, 0.1) is 6.92 Å². The Morgan fingerprint density at radius 1 is 1.50 bits per heavy atom. The second-order valence-electron chi connectivity index (χ2n) is 3.71. The number of amides is 1. The molecule has 0 radical (unpaired) electrons. The number of carbonyl (C=O) groups excluding carboxylic acids is 1. The van der Waals surface area contributed by atoms with Gasteiger partial charge in [-0.3, -0.25) is 4.79 Å². The largest absolute Gasteiger partial charge is 0.361 e. The van der Waals surface area contributed by atoms with Crippen molar-refractivity contribution in [3.05, 3.63) is 17.0 Å². The highest BCUT2D eigenvalue weighted by Gasteiger charge is 2.07. The Balaban J connectivity index is 2.55. The Kier molecular flexibility index (Phi) is 4.49. The summed E-state index contributed by atoms with van der Waals surface area (Å²) in [6, 6.07) is 0.129. The van der Waals surface area contributed by atoms with E-state index < -0.39 is 0 Å². The first-order valence-corrected chi connectivity index (χ1v) is 5.39. The first-order valence-electron chi connectivity index (χ1n) is 5.01. The topological polar surface area (TPSA) is 66.9 Å². The molecule has 1 heterocycles. The van der Waals surface area contributed by atoms with Gasteiger partial charge in [-0.2, -0.15) is 0 Å². The molecule has 1 aromatic heterocycles. The third-order valence-corrected chi connectivity index (χ3v) is 2.27. The molecule has 1 rings (SSSR count). The van der Waals surface area contributed by atoms with E-state index >= 15 is 0 Å². The summed E-state index contributed by atoms with van der Waals surface area (Å²) in [5, 5.41) is 6.07. The van der Waals surface area contributed by atoms with Crippen LogP contribution in [0.3, 0.4) is 0 Å². The molecule has 2 N–H and O–H groups in total. The monoisotopic (exact) mass is 242 g/mol. The van der Waals surface area contributed by atoms with E-state index in [1.807, 2.05) is 13.8 Å². The Hall–Kier alpha value is -1.36. The van der Waals surface area contributed by atoms with E-state index in [2.05, 4.69) is 20.6 Å². The van der Waals surface area contributed by atoms with E-state index in [1.54, 1.807) is 6.92 Å². The molecule has 0 saturated carbocycles. The van der Waals surface area contributed by atoms with Crippen molar-refractivity contribution >= 4 is 23.3 Å². The third-order valence-electron chi connectivity index (χ3n) is 1.89. The SMILES string of the molecule is Cc1c(Cl)ncnc1NCC(=O)NC(C)C. The van der Waals surface area contributed by atoms with Gasteiger partial charge in [0, 0.05) is 11.6 Å². The Morgan fingerprint density at radius 3 is 2.81 bits per heavy atom. The maximum absolute atomic E-state index is 11.4. The number of nitrogens with one attached hydrogen (secondary N) is 2. The summed E-state index contributed by atoms with van der Waals surface area (Å²) in [5.41, 5.74) is 0.738. The van der Waals surface area contributed by atoms with Crippen molar-refractivity contribution in [1.82, 2.24) is 15.3 Å². The molecule has 16 heavy (non-hydrogen) atoms. The highest BCUT2D eigenvalue weighted by Crippen LogP contribution is 2.17. The van der Waals surface area contributed by atoms with Gasteiger partial charge in [-0.15, -0.1) is 0 Å². The summed E-state index contributed by atoms with van der Waals surface area (Å²) in [6.45, 7) is 5.78. The van der Waals surface area contributed by atoms with E-state index in [0.717, 1.165) is 5.56 Å². The Labute approximate surface area is 99.6 Å². The number of anilines is 1.